The molecule has 30 heavy (non-hydrogen) atoms. The fourth-order valence-corrected chi connectivity index (χ4v) is 7.07. The Morgan fingerprint density at radius 3 is 2.83 bits per heavy atom. The average molecular weight is 485 g/mol. The van der Waals surface area contributed by atoms with Crippen LogP contribution in [0.25, 0.3) is 10.1 Å². The smallest absolute Gasteiger partial charge is 0.270 e. The summed E-state index contributed by atoms with van der Waals surface area (Å²) in [5.74, 6) is -0.588. The maximum atomic E-state index is 13.0. The van der Waals surface area contributed by atoms with Crippen LogP contribution in [0.3, 0.4) is 0 Å². The fraction of sp³-hybridized carbons (Fsp3) is 0.278. The Hall–Kier alpha value is -2.05. The second kappa shape index (κ2) is 8.23. The quantitative estimate of drug-likeness (QED) is 0.599. The van der Waals surface area contributed by atoms with Gasteiger partial charge in [-0.2, -0.15) is 4.31 Å². The van der Waals surface area contributed by atoms with E-state index in [0.717, 1.165) is 21.4 Å². The van der Waals surface area contributed by atoms with Gasteiger partial charge < -0.3 is 10.2 Å². The molecule has 0 spiro atoms. The van der Waals surface area contributed by atoms with E-state index in [1.165, 1.54) is 22.7 Å². The van der Waals surface area contributed by atoms with Crippen molar-refractivity contribution in [2.24, 2.45) is 0 Å². The number of amides is 2. The Morgan fingerprint density at radius 1 is 1.30 bits per heavy atom. The van der Waals surface area contributed by atoms with Crippen LogP contribution in [-0.4, -0.2) is 61.1 Å². The second-order valence-corrected chi connectivity index (χ2v) is 11.2. The van der Waals surface area contributed by atoms with E-state index in [0.29, 0.717) is 15.7 Å². The molecular formula is C18H17ClN4O4S3. The van der Waals surface area contributed by atoms with E-state index in [-0.39, 0.29) is 42.2 Å². The largest absolute Gasteiger partial charge is 0.354 e. The number of thiophene rings is 1. The topological polar surface area (TPSA) is 99.7 Å². The second-order valence-electron chi connectivity index (χ2n) is 6.61. The summed E-state index contributed by atoms with van der Waals surface area (Å²) in [6.45, 7) is 0.460. The normalized spacial score (nSPS) is 15.7. The van der Waals surface area contributed by atoms with Crippen LogP contribution in [-0.2, 0) is 21.4 Å². The molecule has 3 heterocycles. The molecule has 3 aromatic rings. The van der Waals surface area contributed by atoms with Gasteiger partial charge in [-0.25, -0.2) is 13.4 Å². The van der Waals surface area contributed by atoms with Gasteiger partial charge in [-0.3, -0.25) is 9.59 Å². The number of carbonyl (C=O) groups excluding carboxylic acids is 2. The van der Waals surface area contributed by atoms with E-state index in [4.69, 9.17) is 11.6 Å². The lowest BCUT2D eigenvalue weighted by Gasteiger charge is -2.32. The van der Waals surface area contributed by atoms with E-state index in [1.54, 1.807) is 34.5 Å². The standard InChI is InChI=1S/C18H17ClN4O4S3/c1-20-18(25)13-10-28-15(21-13)8-22-4-5-23(9-16(22)24)30(26,27)17-6-11-2-3-12(19)7-14(11)29-17/h2-3,6-7,10H,4-5,8-9H2,1H3,(H,20,25). The molecule has 2 aromatic heterocycles. The summed E-state index contributed by atoms with van der Waals surface area (Å²) in [5.41, 5.74) is 0.302. The predicted octanol–water partition coefficient (Wildman–Crippen LogP) is 2.40. The first-order valence-corrected chi connectivity index (χ1v) is 12.4. The van der Waals surface area contributed by atoms with Crippen molar-refractivity contribution in [3.05, 3.63) is 45.4 Å². The third-order valence-electron chi connectivity index (χ3n) is 4.67. The number of hydrogen-bond donors (Lipinski definition) is 1. The number of piperazine rings is 1. The van der Waals surface area contributed by atoms with Crippen LogP contribution in [0.4, 0.5) is 0 Å². The Bertz CT molecular complexity index is 1240. The molecular weight excluding hydrogens is 468 g/mol. The summed E-state index contributed by atoms with van der Waals surface area (Å²) >= 11 is 8.42. The maximum absolute atomic E-state index is 13.0. The lowest BCUT2D eigenvalue weighted by molar-refractivity contribution is -0.134. The minimum Gasteiger partial charge on any atom is -0.354 e. The van der Waals surface area contributed by atoms with E-state index in [2.05, 4.69) is 10.3 Å². The molecule has 2 amide bonds. The van der Waals surface area contributed by atoms with Gasteiger partial charge in [0, 0.05) is 35.2 Å². The number of fused-ring (bicyclic) bond motifs is 1. The number of carbonyl (C=O) groups is 2. The molecule has 1 N–H and O–H groups in total. The predicted molar refractivity (Wildman–Crippen MR) is 117 cm³/mol. The van der Waals surface area contributed by atoms with Gasteiger partial charge in [0.05, 0.1) is 13.1 Å². The molecule has 0 unspecified atom stereocenters. The van der Waals surface area contributed by atoms with Gasteiger partial charge in [0.15, 0.2) is 0 Å². The van der Waals surface area contributed by atoms with Crippen LogP contribution in [0.2, 0.25) is 5.02 Å². The third kappa shape index (κ3) is 4.08. The molecule has 1 fully saturated rings. The Morgan fingerprint density at radius 2 is 2.10 bits per heavy atom. The fourth-order valence-electron chi connectivity index (χ4n) is 3.07. The van der Waals surface area contributed by atoms with E-state index < -0.39 is 10.0 Å². The van der Waals surface area contributed by atoms with Gasteiger partial charge in [-0.1, -0.05) is 17.7 Å². The number of sulfonamides is 1. The number of thiazole rings is 1. The summed E-state index contributed by atoms with van der Waals surface area (Å²) < 4.78 is 28.3. The van der Waals surface area contributed by atoms with E-state index in [9.17, 15) is 18.0 Å². The number of benzene rings is 1. The molecule has 1 aromatic carbocycles. The van der Waals surface area contributed by atoms with Crippen molar-refractivity contribution in [3.8, 4) is 0 Å². The van der Waals surface area contributed by atoms with Gasteiger partial charge in [-0.15, -0.1) is 22.7 Å². The highest BCUT2D eigenvalue weighted by molar-refractivity contribution is 7.91. The summed E-state index contributed by atoms with van der Waals surface area (Å²) in [5, 5.41) is 6.09. The van der Waals surface area contributed by atoms with Crippen molar-refractivity contribution in [3.63, 3.8) is 0 Å². The van der Waals surface area contributed by atoms with Crippen LogP contribution >= 0.6 is 34.3 Å². The van der Waals surface area contributed by atoms with Gasteiger partial charge in [0.2, 0.25) is 5.91 Å². The van der Waals surface area contributed by atoms with Crippen molar-refractivity contribution in [2.75, 3.05) is 26.7 Å². The molecule has 12 heteroatoms. The summed E-state index contributed by atoms with van der Waals surface area (Å²) in [6, 6.07) is 6.82. The van der Waals surface area contributed by atoms with Gasteiger partial charge in [0.25, 0.3) is 15.9 Å². The van der Waals surface area contributed by atoms with Crippen LogP contribution in [0.5, 0.6) is 0 Å². The average Bonchev–Trinajstić information content (AvgIpc) is 3.35. The highest BCUT2D eigenvalue weighted by Gasteiger charge is 2.34. The molecule has 4 rings (SSSR count). The van der Waals surface area contributed by atoms with Crippen LogP contribution < -0.4 is 5.32 Å². The molecule has 0 bridgehead atoms. The summed E-state index contributed by atoms with van der Waals surface area (Å²) in [7, 11) is -2.26. The SMILES string of the molecule is CNC(=O)c1csc(CN2CCN(S(=O)(=O)c3cc4ccc(Cl)cc4s3)CC2=O)n1. The highest BCUT2D eigenvalue weighted by atomic mass is 35.5. The zero-order valence-corrected chi connectivity index (χ0v) is 19.0. The molecule has 0 atom stereocenters. The molecule has 1 aliphatic heterocycles. The number of nitrogens with zero attached hydrogens (tertiary/aromatic N) is 3. The molecule has 1 aliphatic rings. The van der Waals surface area contributed by atoms with Crippen molar-refractivity contribution >= 4 is 66.2 Å². The van der Waals surface area contributed by atoms with Crippen LogP contribution in [0, 0.1) is 0 Å². The number of aromatic nitrogens is 1. The summed E-state index contributed by atoms with van der Waals surface area (Å²) in [4.78, 5) is 30.0. The first kappa shape index (κ1) is 21.2. The molecule has 0 saturated carbocycles. The first-order valence-electron chi connectivity index (χ1n) is 8.91. The summed E-state index contributed by atoms with van der Waals surface area (Å²) in [6.07, 6.45) is 0. The van der Waals surface area contributed by atoms with Gasteiger partial charge in [-0.05, 0) is 23.6 Å². The molecule has 0 radical (unpaired) electrons. The Kier molecular flexibility index (Phi) is 5.82. The van der Waals surface area contributed by atoms with E-state index in [1.807, 2.05) is 0 Å². The minimum atomic E-state index is -3.78. The van der Waals surface area contributed by atoms with Gasteiger partial charge in [0.1, 0.15) is 14.9 Å². The highest BCUT2D eigenvalue weighted by Crippen LogP contribution is 2.33. The number of hydrogen-bond acceptors (Lipinski definition) is 7. The van der Waals surface area contributed by atoms with Crippen molar-refractivity contribution < 1.29 is 18.0 Å². The monoisotopic (exact) mass is 484 g/mol. The lowest BCUT2D eigenvalue weighted by Crippen LogP contribution is -2.51. The van der Waals surface area contributed by atoms with Gasteiger partial charge >= 0.3 is 0 Å². The van der Waals surface area contributed by atoms with Crippen molar-refractivity contribution in [2.45, 2.75) is 10.8 Å². The molecule has 0 aliphatic carbocycles. The lowest BCUT2D eigenvalue weighted by atomic mass is 10.3. The number of nitrogens with one attached hydrogen (secondary N) is 1. The zero-order valence-electron chi connectivity index (χ0n) is 15.8. The van der Waals surface area contributed by atoms with Crippen molar-refractivity contribution in [1.82, 2.24) is 19.5 Å². The minimum absolute atomic E-state index is 0.191. The third-order valence-corrected chi connectivity index (χ3v) is 9.14. The first-order chi connectivity index (χ1) is 14.3. The van der Waals surface area contributed by atoms with Crippen LogP contribution in [0.15, 0.2) is 33.9 Å². The zero-order chi connectivity index (χ0) is 21.5. The van der Waals surface area contributed by atoms with E-state index >= 15 is 0 Å². The number of rotatable bonds is 5. The Labute approximate surface area is 186 Å². The molecule has 1 saturated heterocycles. The number of halogens is 1. The van der Waals surface area contributed by atoms with Crippen LogP contribution in [0.1, 0.15) is 15.5 Å². The van der Waals surface area contributed by atoms with Crippen molar-refractivity contribution in [1.29, 1.82) is 0 Å². The molecule has 8 nitrogen and oxygen atoms in total. The molecule has 158 valence electrons. The maximum Gasteiger partial charge on any atom is 0.270 e. The Balaban J connectivity index is 1.47.